The molecular formula is C15H33O4P. The fourth-order valence-electron chi connectivity index (χ4n) is 2.45. The molecule has 3 atom stereocenters. The van der Waals surface area contributed by atoms with E-state index in [0.717, 1.165) is 25.2 Å². The smallest absolute Gasteiger partial charge is 0.353 e. The van der Waals surface area contributed by atoms with Gasteiger partial charge in [-0.2, -0.15) is 0 Å². The fraction of sp³-hybridized carbons (Fsp3) is 1.00. The highest BCUT2D eigenvalue weighted by molar-refractivity contribution is 7.52. The standard InChI is InChI=1S/C15H33O4P/c1-12(2)7-5-8-13(3)9-6-10-14(4)11-15(16)20(17,18)19/h12-16H,5-11H2,1-4H3,(H2,17,18,19). The summed E-state index contributed by atoms with van der Waals surface area (Å²) in [6.45, 7) is 8.72. The van der Waals surface area contributed by atoms with Crippen LogP contribution in [0.3, 0.4) is 0 Å². The van der Waals surface area contributed by atoms with Crippen LogP contribution >= 0.6 is 7.60 Å². The second-order valence-corrected chi connectivity index (χ2v) is 8.55. The Morgan fingerprint density at radius 1 is 0.850 bits per heavy atom. The van der Waals surface area contributed by atoms with Gasteiger partial charge in [0.2, 0.25) is 0 Å². The number of rotatable bonds is 11. The summed E-state index contributed by atoms with van der Waals surface area (Å²) in [4.78, 5) is 17.7. The van der Waals surface area contributed by atoms with Crippen LogP contribution in [0.4, 0.5) is 0 Å². The predicted molar refractivity (Wildman–Crippen MR) is 83.5 cm³/mol. The molecule has 20 heavy (non-hydrogen) atoms. The lowest BCUT2D eigenvalue weighted by molar-refractivity contribution is 0.173. The van der Waals surface area contributed by atoms with E-state index in [1.165, 1.54) is 19.3 Å². The van der Waals surface area contributed by atoms with E-state index in [2.05, 4.69) is 20.8 Å². The second kappa shape index (κ2) is 9.94. The van der Waals surface area contributed by atoms with Crippen molar-refractivity contribution in [3.8, 4) is 0 Å². The Morgan fingerprint density at radius 2 is 1.30 bits per heavy atom. The summed E-state index contributed by atoms with van der Waals surface area (Å²) < 4.78 is 10.9. The number of hydrogen-bond donors (Lipinski definition) is 3. The minimum absolute atomic E-state index is 0.153. The van der Waals surface area contributed by atoms with Crippen molar-refractivity contribution >= 4 is 7.60 Å². The van der Waals surface area contributed by atoms with Crippen LogP contribution in [0.25, 0.3) is 0 Å². The number of aliphatic hydroxyl groups excluding tert-OH is 1. The van der Waals surface area contributed by atoms with Gasteiger partial charge in [0.15, 0.2) is 5.85 Å². The van der Waals surface area contributed by atoms with Crippen molar-refractivity contribution in [2.75, 3.05) is 0 Å². The molecule has 4 nitrogen and oxygen atoms in total. The molecule has 0 bridgehead atoms. The van der Waals surface area contributed by atoms with Gasteiger partial charge >= 0.3 is 7.60 Å². The molecule has 5 heteroatoms. The Kier molecular flexibility index (Phi) is 10.00. The Labute approximate surface area is 124 Å². The van der Waals surface area contributed by atoms with Crippen molar-refractivity contribution in [1.29, 1.82) is 0 Å². The molecule has 0 spiro atoms. The lowest BCUT2D eigenvalue weighted by atomic mass is 9.93. The summed E-state index contributed by atoms with van der Waals surface area (Å²) in [5.74, 6) is 0.144. The Hall–Kier alpha value is 0.110. The number of hydrogen-bond acceptors (Lipinski definition) is 2. The quantitative estimate of drug-likeness (QED) is 0.501. The molecule has 0 aromatic carbocycles. The van der Waals surface area contributed by atoms with Crippen molar-refractivity contribution in [2.45, 2.75) is 78.5 Å². The van der Waals surface area contributed by atoms with Crippen LogP contribution in [0.2, 0.25) is 0 Å². The summed E-state index contributed by atoms with van der Waals surface area (Å²) >= 11 is 0. The van der Waals surface area contributed by atoms with E-state index in [0.29, 0.717) is 5.92 Å². The normalized spacial score (nSPS) is 17.2. The lowest BCUT2D eigenvalue weighted by Crippen LogP contribution is -2.12. The molecule has 0 saturated heterocycles. The molecule has 0 aromatic rings. The molecule has 0 heterocycles. The van der Waals surface area contributed by atoms with Crippen LogP contribution in [0.1, 0.15) is 72.6 Å². The zero-order valence-electron chi connectivity index (χ0n) is 13.5. The van der Waals surface area contributed by atoms with Gasteiger partial charge in [0.05, 0.1) is 0 Å². The minimum atomic E-state index is -4.33. The van der Waals surface area contributed by atoms with Crippen LogP contribution in [-0.2, 0) is 4.57 Å². The molecule has 3 N–H and O–H groups in total. The van der Waals surface area contributed by atoms with Crippen molar-refractivity contribution in [2.24, 2.45) is 17.8 Å². The highest BCUT2D eigenvalue weighted by Crippen LogP contribution is 2.42. The van der Waals surface area contributed by atoms with Crippen LogP contribution < -0.4 is 0 Å². The molecule has 3 unspecified atom stereocenters. The van der Waals surface area contributed by atoms with Gasteiger partial charge in [0, 0.05) is 0 Å². The van der Waals surface area contributed by atoms with E-state index >= 15 is 0 Å². The predicted octanol–water partition coefficient (Wildman–Crippen LogP) is 4.14. The summed E-state index contributed by atoms with van der Waals surface area (Å²) in [6, 6.07) is 0. The molecule has 0 rings (SSSR count). The van der Waals surface area contributed by atoms with E-state index in [9.17, 15) is 9.67 Å². The number of aliphatic hydroxyl groups is 1. The molecule has 0 aliphatic carbocycles. The molecule has 0 fully saturated rings. The first kappa shape index (κ1) is 20.1. The van der Waals surface area contributed by atoms with Gasteiger partial charge in [-0.3, -0.25) is 4.57 Å². The Balaban J connectivity index is 3.70. The van der Waals surface area contributed by atoms with E-state index in [1.54, 1.807) is 0 Å². The van der Waals surface area contributed by atoms with Gasteiger partial charge in [-0.25, -0.2) is 0 Å². The van der Waals surface area contributed by atoms with Gasteiger partial charge in [-0.15, -0.1) is 0 Å². The van der Waals surface area contributed by atoms with Crippen LogP contribution in [0, 0.1) is 17.8 Å². The maximum atomic E-state index is 10.9. The monoisotopic (exact) mass is 308 g/mol. The van der Waals surface area contributed by atoms with Crippen molar-refractivity contribution < 1.29 is 19.5 Å². The fourth-order valence-corrected chi connectivity index (χ4v) is 3.08. The lowest BCUT2D eigenvalue weighted by Gasteiger charge is -2.18. The summed E-state index contributed by atoms with van der Waals surface area (Å²) in [6.07, 6.45) is 7.17. The van der Waals surface area contributed by atoms with Crippen molar-refractivity contribution in [3.63, 3.8) is 0 Å². The zero-order chi connectivity index (χ0) is 15.8. The van der Waals surface area contributed by atoms with E-state index in [4.69, 9.17) is 9.79 Å². The molecule has 0 aliphatic heterocycles. The molecule has 0 amide bonds. The van der Waals surface area contributed by atoms with E-state index < -0.39 is 13.4 Å². The zero-order valence-corrected chi connectivity index (χ0v) is 14.4. The summed E-state index contributed by atoms with van der Waals surface area (Å²) in [7, 11) is -4.33. The minimum Gasteiger partial charge on any atom is -0.380 e. The first-order valence-electron chi connectivity index (χ1n) is 7.86. The topological polar surface area (TPSA) is 77.8 Å². The SMILES string of the molecule is CC(C)CCCC(C)CCCC(C)CC(O)P(=O)(O)O. The Morgan fingerprint density at radius 3 is 1.75 bits per heavy atom. The molecule has 0 aliphatic rings. The maximum Gasteiger partial charge on any atom is 0.353 e. The average Bonchev–Trinajstić information content (AvgIpc) is 2.26. The van der Waals surface area contributed by atoms with Crippen LogP contribution in [0.5, 0.6) is 0 Å². The average molecular weight is 308 g/mol. The van der Waals surface area contributed by atoms with Gasteiger partial charge in [0.1, 0.15) is 0 Å². The molecule has 0 radical (unpaired) electrons. The van der Waals surface area contributed by atoms with Crippen molar-refractivity contribution in [1.82, 2.24) is 0 Å². The maximum absolute atomic E-state index is 10.9. The van der Waals surface area contributed by atoms with E-state index in [1.807, 2.05) is 6.92 Å². The highest BCUT2D eigenvalue weighted by atomic mass is 31.2. The first-order valence-corrected chi connectivity index (χ1v) is 9.54. The Bertz CT molecular complexity index is 288. The second-order valence-electron chi connectivity index (χ2n) is 6.77. The largest absolute Gasteiger partial charge is 0.380 e. The van der Waals surface area contributed by atoms with Gasteiger partial charge in [-0.05, 0) is 24.2 Å². The summed E-state index contributed by atoms with van der Waals surface area (Å²) in [5, 5.41) is 9.37. The molecule has 0 aromatic heterocycles. The third-order valence-electron chi connectivity index (χ3n) is 3.87. The molecular weight excluding hydrogens is 275 g/mol. The third kappa shape index (κ3) is 10.8. The van der Waals surface area contributed by atoms with E-state index in [-0.39, 0.29) is 12.3 Å². The van der Waals surface area contributed by atoms with Gasteiger partial charge in [-0.1, -0.05) is 66.2 Å². The van der Waals surface area contributed by atoms with Gasteiger partial charge in [0.25, 0.3) is 0 Å². The van der Waals surface area contributed by atoms with Crippen LogP contribution in [0.15, 0.2) is 0 Å². The van der Waals surface area contributed by atoms with Gasteiger partial charge < -0.3 is 14.9 Å². The molecule has 122 valence electrons. The van der Waals surface area contributed by atoms with Crippen LogP contribution in [-0.4, -0.2) is 20.7 Å². The third-order valence-corrected chi connectivity index (χ3v) is 4.86. The first-order chi connectivity index (χ1) is 9.12. The molecule has 0 saturated carbocycles. The summed E-state index contributed by atoms with van der Waals surface area (Å²) in [5.41, 5.74) is 0. The van der Waals surface area contributed by atoms with Crippen molar-refractivity contribution in [3.05, 3.63) is 0 Å². The highest BCUT2D eigenvalue weighted by Gasteiger charge is 2.27.